The summed E-state index contributed by atoms with van der Waals surface area (Å²) in [7, 11) is 0. The van der Waals surface area contributed by atoms with E-state index in [1.54, 1.807) is 6.92 Å². The predicted molar refractivity (Wildman–Crippen MR) is 69.8 cm³/mol. The minimum absolute atomic E-state index is 0.504. The summed E-state index contributed by atoms with van der Waals surface area (Å²) < 4.78 is 5.69. The van der Waals surface area contributed by atoms with Crippen LogP contribution >= 0.6 is 0 Å². The van der Waals surface area contributed by atoms with Crippen molar-refractivity contribution in [2.24, 2.45) is 0 Å². The summed E-state index contributed by atoms with van der Waals surface area (Å²) in [6.07, 6.45) is -3.56. The van der Waals surface area contributed by atoms with Crippen LogP contribution in [0.5, 0.6) is 0 Å². The van der Waals surface area contributed by atoms with Gasteiger partial charge < -0.3 is 25.0 Å². The average Bonchev–Trinajstić information content (AvgIpc) is 2.84. The number of ether oxygens (including phenoxy) is 1. The Kier molecular flexibility index (Phi) is 3.22. The molecule has 0 aromatic heterocycles. The van der Waals surface area contributed by atoms with Gasteiger partial charge >= 0.3 is 0 Å². The van der Waals surface area contributed by atoms with E-state index in [1.165, 1.54) is 5.56 Å². The average molecular weight is 265 g/mol. The van der Waals surface area contributed by atoms with Gasteiger partial charge in [-0.25, -0.2) is 0 Å². The first-order valence-electron chi connectivity index (χ1n) is 6.64. The van der Waals surface area contributed by atoms with E-state index in [2.05, 4.69) is 6.07 Å². The Labute approximate surface area is 112 Å². The normalized spacial score (nSPS) is 38.3. The van der Waals surface area contributed by atoms with E-state index in [0.717, 1.165) is 18.7 Å². The van der Waals surface area contributed by atoms with Gasteiger partial charge in [-0.2, -0.15) is 0 Å². The molecule has 0 saturated carbocycles. The molecule has 0 aliphatic carbocycles. The molecule has 1 saturated heterocycles. The van der Waals surface area contributed by atoms with E-state index in [9.17, 15) is 15.3 Å². The van der Waals surface area contributed by atoms with Crippen LogP contribution in [0.15, 0.2) is 24.3 Å². The lowest BCUT2D eigenvalue weighted by Gasteiger charge is -2.43. The van der Waals surface area contributed by atoms with Gasteiger partial charge in [0, 0.05) is 12.2 Å². The topological polar surface area (TPSA) is 73.2 Å². The Bertz CT molecular complexity index is 467. The standard InChI is InChI=1S/C14H19NO4/c1-8-11(16)12(17)13(18)14(19-8)15-7-6-9-4-2-3-5-10(9)15/h2-5,8,11-14,16-18H,6-7H2,1H3/t8-,11-,12+,13+,14-/m0/s1. The minimum atomic E-state index is -1.18. The van der Waals surface area contributed by atoms with Crippen LogP contribution in [-0.2, 0) is 11.2 Å². The summed E-state index contributed by atoms with van der Waals surface area (Å²) in [5, 5.41) is 29.7. The fourth-order valence-electron chi connectivity index (χ4n) is 2.92. The van der Waals surface area contributed by atoms with Gasteiger partial charge in [0.1, 0.15) is 18.3 Å². The molecule has 5 atom stereocenters. The second-order valence-corrected chi connectivity index (χ2v) is 5.28. The summed E-state index contributed by atoms with van der Waals surface area (Å²) in [5.41, 5.74) is 2.24. The molecule has 19 heavy (non-hydrogen) atoms. The highest BCUT2D eigenvalue weighted by atomic mass is 16.5. The van der Waals surface area contributed by atoms with E-state index in [0.29, 0.717) is 0 Å². The number of aliphatic hydroxyl groups excluding tert-OH is 3. The zero-order valence-electron chi connectivity index (χ0n) is 10.8. The molecule has 1 aromatic rings. The van der Waals surface area contributed by atoms with Gasteiger partial charge in [-0.15, -0.1) is 0 Å². The highest BCUT2D eigenvalue weighted by Gasteiger charge is 2.45. The third-order valence-corrected chi connectivity index (χ3v) is 4.06. The summed E-state index contributed by atoms with van der Waals surface area (Å²) in [4.78, 5) is 1.96. The van der Waals surface area contributed by atoms with Crippen molar-refractivity contribution >= 4 is 5.69 Å². The van der Waals surface area contributed by atoms with Gasteiger partial charge in [-0.05, 0) is 25.0 Å². The Hall–Kier alpha value is -1.14. The van der Waals surface area contributed by atoms with Crippen molar-refractivity contribution in [3.63, 3.8) is 0 Å². The molecule has 5 heteroatoms. The van der Waals surface area contributed by atoms with E-state index in [-0.39, 0.29) is 0 Å². The van der Waals surface area contributed by atoms with E-state index < -0.39 is 30.6 Å². The van der Waals surface area contributed by atoms with Crippen molar-refractivity contribution in [1.82, 2.24) is 0 Å². The third-order valence-electron chi connectivity index (χ3n) is 4.06. The molecule has 0 amide bonds. The fraction of sp³-hybridized carbons (Fsp3) is 0.571. The molecule has 2 aliphatic rings. The lowest BCUT2D eigenvalue weighted by atomic mass is 9.98. The molecule has 2 aliphatic heterocycles. The van der Waals surface area contributed by atoms with Crippen LogP contribution in [0.2, 0.25) is 0 Å². The van der Waals surface area contributed by atoms with Crippen molar-refractivity contribution in [1.29, 1.82) is 0 Å². The summed E-state index contributed by atoms with van der Waals surface area (Å²) in [6, 6.07) is 7.97. The van der Waals surface area contributed by atoms with Crippen molar-refractivity contribution in [3.8, 4) is 0 Å². The van der Waals surface area contributed by atoms with Gasteiger partial charge in [0.2, 0.25) is 0 Å². The van der Waals surface area contributed by atoms with Crippen LogP contribution in [0.3, 0.4) is 0 Å². The van der Waals surface area contributed by atoms with Crippen molar-refractivity contribution < 1.29 is 20.1 Å². The maximum atomic E-state index is 10.1. The number of para-hydroxylation sites is 1. The second-order valence-electron chi connectivity index (χ2n) is 5.28. The molecule has 0 bridgehead atoms. The maximum absolute atomic E-state index is 10.1. The monoisotopic (exact) mass is 265 g/mol. The van der Waals surface area contributed by atoms with Crippen molar-refractivity contribution in [2.45, 2.75) is 44.0 Å². The van der Waals surface area contributed by atoms with Gasteiger partial charge in [-0.1, -0.05) is 18.2 Å². The molecule has 1 aromatic carbocycles. The van der Waals surface area contributed by atoms with Gasteiger partial charge in [-0.3, -0.25) is 0 Å². The zero-order chi connectivity index (χ0) is 13.6. The molecule has 3 N–H and O–H groups in total. The molecule has 5 nitrogen and oxygen atoms in total. The van der Waals surface area contributed by atoms with Crippen molar-refractivity contribution in [3.05, 3.63) is 29.8 Å². The number of fused-ring (bicyclic) bond motifs is 1. The molecule has 104 valence electrons. The van der Waals surface area contributed by atoms with Crippen LogP contribution in [0.4, 0.5) is 5.69 Å². The SMILES string of the molecule is C[C@@H]1O[C@H](N2CCc3ccccc32)[C@H](O)[C@H](O)[C@H]1O. The third kappa shape index (κ3) is 2.03. The molecule has 0 unspecified atom stereocenters. The lowest BCUT2D eigenvalue weighted by molar-refractivity contribution is -0.216. The maximum Gasteiger partial charge on any atom is 0.159 e. The molecular weight excluding hydrogens is 246 g/mol. The highest BCUT2D eigenvalue weighted by Crippen LogP contribution is 2.33. The number of hydrogen-bond donors (Lipinski definition) is 3. The highest BCUT2D eigenvalue weighted by molar-refractivity contribution is 5.58. The van der Waals surface area contributed by atoms with Gasteiger partial charge in [0.05, 0.1) is 6.10 Å². The number of anilines is 1. The second kappa shape index (κ2) is 4.76. The fourth-order valence-corrected chi connectivity index (χ4v) is 2.92. The van der Waals surface area contributed by atoms with E-state index in [1.807, 2.05) is 23.1 Å². The number of hydrogen-bond acceptors (Lipinski definition) is 5. The molecule has 0 radical (unpaired) electrons. The summed E-state index contributed by atoms with van der Waals surface area (Å²) in [6.45, 7) is 2.45. The number of aliphatic hydroxyl groups is 3. The Morgan fingerprint density at radius 1 is 1.11 bits per heavy atom. The largest absolute Gasteiger partial charge is 0.388 e. The van der Waals surface area contributed by atoms with Crippen LogP contribution in [0.25, 0.3) is 0 Å². The lowest BCUT2D eigenvalue weighted by Crippen LogP contribution is -2.61. The first kappa shape index (κ1) is 12.9. The zero-order valence-corrected chi connectivity index (χ0v) is 10.8. The Morgan fingerprint density at radius 2 is 1.84 bits per heavy atom. The molecule has 1 fully saturated rings. The minimum Gasteiger partial charge on any atom is -0.388 e. The summed E-state index contributed by atoms with van der Waals surface area (Å²) in [5.74, 6) is 0. The number of rotatable bonds is 1. The molecule has 0 spiro atoms. The van der Waals surface area contributed by atoms with Gasteiger partial charge in [0.15, 0.2) is 6.23 Å². The smallest absolute Gasteiger partial charge is 0.159 e. The van der Waals surface area contributed by atoms with E-state index in [4.69, 9.17) is 4.74 Å². The van der Waals surface area contributed by atoms with Crippen molar-refractivity contribution in [2.75, 3.05) is 11.4 Å². The predicted octanol–water partition coefficient (Wildman–Crippen LogP) is -0.123. The number of benzene rings is 1. The van der Waals surface area contributed by atoms with Gasteiger partial charge in [0.25, 0.3) is 0 Å². The molecular formula is C14H19NO4. The first-order valence-corrected chi connectivity index (χ1v) is 6.64. The first-order chi connectivity index (χ1) is 9.09. The summed E-state index contributed by atoms with van der Waals surface area (Å²) >= 11 is 0. The quantitative estimate of drug-likeness (QED) is 0.660. The van der Waals surface area contributed by atoms with Crippen LogP contribution < -0.4 is 4.90 Å². The van der Waals surface area contributed by atoms with Crippen LogP contribution in [0, 0.1) is 0 Å². The van der Waals surface area contributed by atoms with Crippen LogP contribution in [0.1, 0.15) is 12.5 Å². The number of nitrogens with zero attached hydrogens (tertiary/aromatic N) is 1. The van der Waals surface area contributed by atoms with E-state index >= 15 is 0 Å². The molecule has 2 heterocycles. The van der Waals surface area contributed by atoms with Crippen LogP contribution in [-0.4, -0.2) is 52.5 Å². The molecule has 3 rings (SSSR count). The Balaban J connectivity index is 1.87. The Morgan fingerprint density at radius 3 is 2.63 bits per heavy atom.